The van der Waals surface area contributed by atoms with Gasteiger partial charge in [-0.1, -0.05) is 39.8 Å². The van der Waals surface area contributed by atoms with Crippen LogP contribution in [-0.2, 0) is 0 Å². The summed E-state index contributed by atoms with van der Waals surface area (Å²) in [5.74, 6) is 0.202. The molecule has 1 aromatic carbocycles. The van der Waals surface area contributed by atoms with E-state index in [9.17, 15) is 9.50 Å². The summed E-state index contributed by atoms with van der Waals surface area (Å²) in [6.45, 7) is 11.0. The van der Waals surface area contributed by atoms with Crippen LogP contribution >= 0.6 is 0 Å². The van der Waals surface area contributed by atoms with Gasteiger partial charge in [-0.2, -0.15) is 0 Å². The van der Waals surface area contributed by atoms with Gasteiger partial charge < -0.3 is 10.0 Å². The SMILES string of the molecule is CCC(CC)N(CC(C)C)c1c(F)cccc1C(C)O. The summed E-state index contributed by atoms with van der Waals surface area (Å²) in [5.41, 5.74) is 1.25. The number of aliphatic hydroxyl groups is 1. The van der Waals surface area contributed by atoms with Crippen molar-refractivity contribution in [2.45, 2.75) is 59.6 Å². The van der Waals surface area contributed by atoms with Gasteiger partial charge in [0.05, 0.1) is 11.8 Å². The molecule has 0 saturated heterocycles. The van der Waals surface area contributed by atoms with Crippen molar-refractivity contribution in [3.05, 3.63) is 29.6 Å². The molecule has 0 bridgehead atoms. The summed E-state index contributed by atoms with van der Waals surface area (Å²) >= 11 is 0. The maximum atomic E-state index is 14.4. The van der Waals surface area contributed by atoms with Gasteiger partial charge in [-0.25, -0.2) is 4.39 Å². The first-order valence-electron chi connectivity index (χ1n) is 7.65. The van der Waals surface area contributed by atoms with Crippen molar-refractivity contribution in [1.82, 2.24) is 0 Å². The smallest absolute Gasteiger partial charge is 0.146 e. The highest BCUT2D eigenvalue weighted by Crippen LogP contribution is 2.32. The Morgan fingerprint density at radius 3 is 2.20 bits per heavy atom. The number of aliphatic hydroxyl groups excluding tert-OH is 1. The fourth-order valence-corrected chi connectivity index (χ4v) is 2.72. The first kappa shape index (κ1) is 17.0. The molecule has 0 aliphatic heterocycles. The van der Waals surface area contributed by atoms with Gasteiger partial charge in [0, 0.05) is 18.2 Å². The van der Waals surface area contributed by atoms with Crippen molar-refractivity contribution < 1.29 is 9.50 Å². The van der Waals surface area contributed by atoms with E-state index in [4.69, 9.17) is 0 Å². The van der Waals surface area contributed by atoms with Gasteiger partial charge in [0.15, 0.2) is 0 Å². The molecule has 0 spiro atoms. The van der Waals surface area contributed by atoms with Crippen LogP contribution in [0.5, 0.6) is 0 Å². The second-order valence-corrected chi connectivity index (χ2v) is 5.87. The van der Waals surface area contributed by atoms with E-state index in [1.54, 1.807) is 13.0 Å². The largest absolute Gasteiger partial charge is 0.389 e. The highest BCUT2D eigenvalue weighted by Gasteiger charge is 2.24. The molecule has 114 valence electrons. The maximum absolute atomic E-state index is 14.4. The zero-order valence-corrected chi connectivity index (χ0v) is 13.4. The molecule has 0 radical (unpaired) electrons. The quantitative estimate of drug-likeness (QED) is 0.793. The van der Waals surface area contributed by atoms with Crippen LogP contribution < -0.4 is 4.90 Å². The number of para-hydroxylation sites is 1. The molecule has 1 rings (SSSR count). The maximum Gasteiger partial charge on any atom is 0.146 e. The van der Waals surface area contributed by atoms with Crippen molar-refractivity contribution in [1.29, 1.82) is 0 Å². The summed E-state index contributed by atoms with van der Waals surface area (Å²) in [6.07, 6.45) is 1.28. The normalized spacial score (nSPS) is 13.1. The van der Waals surface area contributed by atoms with Crippen molar-refractivity contribution >= 4 is 5.69 Å². The lowest BCUT2D eigenvalue weighted by atomic mass is 10.0. The molecule has 1 N–H and O–H groups in total. The fraction of sp³-hybridized carbons (Fsp3) is 0.647. The Labute approximate surface area is 122 Å². The minimum absolute atomic E-state index is 0.240. The molecule has 0 heterocycles. The Morgan fingerprint density at radius 1 is 1.15 bits per heavy atom. The number of hydrogen-bond donors (Lipinski definition) is 1. The standard InChI is InChI=1S/C17H28FNO/c1-6-14(7-2)19(11-12(3)4)17-15(13(5)20)9-8-10-16(17)18/h8-10,12-14,20H,6-7,11H2,1-5H3. The van der Waals surface area contributed by atoms with E-state index < -0.39 is 6.10 Å². The summed E-state index contributed by atoms with van der Waals surface area (Å²) in [7, 11) is 0. The molecule has 2 nitrogen and oxygen atoms in total. The van der Waals surface area contributed by atoms with Gasteiger partial charge in [-0.3, -0.25) is 0 Å². The number of rotatable bonds is 7. The lowest BCUT2D eigenvalue weighted by Crippen LogP contribution is -2.38. The Hall–Kier alpha value is -1.09. The van der Waals surface area contributed by atoms with Crippen molar-refractivity contribution in [3.63, 3.8) is 0 Å². The Bertz CT molecular complexity index is 413. The zero-order valence-electron chi connectivity index (χ0n) is 13.4. The topological polar surface area (TPSA) is 23.5 Å². The number of hydrogen-bond acceptors (Lipinski definition) is 2. The average Bonchev–Trinajstić information content (AvgIpc) is 2.38. The van der Waals surface area contributed by atoms with Crippen LogP contribution in [0.1, 0.15) is 59.1 Å². The lowest BCUT2D eigenvalue weighted by Gasteiger charge is -2.36. The lowest BCUT2D eigenvalue weighted by molar-refractivity contribution is 0.199. The number of anilines is 1. The van der Waals surface area contributed by atoms with Crippen LogP contribution in [0.3, 0.4) is 0 Å². The zero-order chi connectivity index (χ0) is 15.3. The van der Waals surface area contributed by atoms with E-state index in [-0.39, 0.29) is 5.82 Å². The second kappa shape index (κ2) is 7.63. The number of halogens is 1. The van der Waals surface area contributed by atoms with E-state index in [1.165, 1.54) is 6.07 Å². The minimum atomic E-state index is -0.662. The van der Waals surface area contributed by atoms with Gasteiger partial charge in [-0.05, 0) is 31.7 Å². The molecule has 1 unspecified atom stereocenters. The second-order valence-electron chi connectivity index (χ2n) is 5.87. The first-order chi connectivity index (χ1) is 9.42. The number of benzene rings is 1. The predicted octanol–water partition coefficient (Wildman–Crippen LogP) is 4.53. The van der Waals surface area contributed by atoms with Gasteiger partial charge in [0.2, 0.25) is 0 Å². The molecule has 1 atom stereocenters. The van der Waals surface area contributed by atoms with Gasteiger partial charge in [0.25, 0.3) is 0 Å². The van der Waals surface area contributed by atoms with Crippen LogP contribution in [0.2, 0.25) is 0 Å². The third-order valence-electron chi connectivity index (χ3n) is 3.70. The molecular weight excluding hydrogens is 253 g/mol. The van der Waals surface area contributed by atoms with Crippen LogP contribution in [-0.4, -0.2) is 17.7 Å². The molecular formula is C17H28FNO. The van der Waals surface area contributed by atoms with Crippen LogP contribution in [0.15, 0.2) is 18.2 Å². The summed E-state index contributed by atoms with van der Waals surface area (Å²) in [6, 6.07) is 5.27. The molecule has 0 fully saturated rings. The molecule has 0 aromatic heterocycles. The molecule has 0 aliphatic carbocycles. The third kappa shape index (κ3) is 3.95. The fourth-order valence-electron chi connectivity index (χ4n) is 2.72. The number of nitrogens with zero attached hydrogens (tertiary/aromatic N) is 1. The van der Waals surface area contributed by atoms with Crippen molar-refractivity contribution in [2.75, 3.05) is 11.4 Å². The molecule has 1 aromatic rings. The Kier molecular flexibility index (Phi) is 6.47. The Balaban J connectivity index is 3.32. The average molecular weight is 281 g/mol. The van der Waals surface area contributed by atoms with Crippen molar-refractivity contribution in [2.24, 2.45) is 5.92 Å². The van der Waals surface area contributed by atoms with E-state index in [1.807, 2.05) is 6.07 Å². The van der Waals surface area contributed by atoms with Crippen LogP contribution in [0.25, 0.3) is 0 Å². The van der Waals surface area contributed by atoms with Gasteiger partial charge in [-0.15, -0.1) is 0 Å². The molecule has 3 heteroatoms. The third-order valence-corrected chi connectivity index (χ3v) is 3.70. The molecule has 0 saturated carbocycles. The van der Waals surface area contributed by atoms with Gasteiger partial charge >= 0.3 is 0 Å². The Morgan fingerprint density at radius 2 is 1.75 bits per heavy atom. The highest BCUT2D eigenvalue weighted by molar-refractivity contribution is 5.56. The van der Waals surface area contributed by atoms with E-state index in [2.05, 4.69) is 32.6 Å². The summed E-state index contributed by atoms with van der Waals surface area (Å²) in [4.78, 5) is 2.14. The molecule has 0 amide bonds. The molecule has 20 heavy (non-hydrogen) atoms. The monoisotopic (exact) mass is 281 g/mol. The van der Waals surface area contributed by atoms with Crippen LogP contribution in [0.4, 0.5) is 10.1 Å². The molecule has 0 aliphatic rings. The minimum Gasteiger partial charge on any atom is -0.389 e. The van der Waals surface area contributed by atoms with Gasteiger partial charge in [0.1, 0.15) is 5.82 Å². The van der Waals surface area contributed by atoms with Crippen LogP contribution in [0, 0.1) is 11.7 Å². The summed E-state index contributed by atoms with van der Waals surface area (Å²) < 4.78 is 14.4. The summed E-state index contributed by atoms with van der Waals surface area (Å²) in [5, 5.41) is 9.95. The van der Waals surface area contributed by atoms with E-state index in [0.717, 1.165) is 19.4 Å². The van der Waals surface area contributed by atoms with Crippen molar-refractivity contribution in [3.8, 4) is 0 Å². The predicted molar refractivity (Wildman–Crippen MR) is 83.6 cm³/mol. The highest BCUT2D eigenvalue weighted by atomic mass is 19.1. The van der Waals surface area contributed by atoms with E-state index in [0.29, 0.717) is 23.2 Å². The van der Waals surface area contributed by atoms with E-state index >= 15 is 0 Å². The first-order valence-corrected chi connectivity index (χ1v) is 7.65.